The van der Waals surface area contributed by atoms with Crippen LogP contribution in [0.1, 0.15) is 32.1 Å². The Morgan fingerprint density at radius 3 is 2.44 bits per heavy atom. The Morgan fingerprint density at radius 2 is 1.81 bits per heavy atom. The summed E-state index contributed by atoms with van der Waals surface area (Å²) < 4.78 is 26.9. The largest absolute Gasteiger partial charge is 0.379 e. The molecule has 0 atom stereocenters. The van der Waals surface area contributed by atoms with Crippen molar-refractivity contribution >= 4 is 21.6 Å². The predicted octanol–water partition coefficient (Wildman–Crippen LogP) is 4.47. The van der Waals surface area contributed by atoms with Crippen LogP contribution in [0.15, 0.2) is 16.6 Å². The molecule has 0 spiro atoms. The van der Waals surface area contributed by atoms with Gasteiger partial charge in [-0.15, -0.1) is 0 Å². The van der Waals surface area contributed by atoms with Crippen molar-refractivity contribution in [1.29, 1.82) is 0 Å². The maximum atomic E-state index is 13.5. The summed E-state index contributed by atoms with van der Waals surface area (Å²) in [7, 11) is 0. The van der Waals surface area contributed by atoms with Gasteiger partial charge in [0.25, 0.3) is 0 Å². The first-order valence-corrected chi connectivity index (χ1v) is 6.37. The average molecular weight is 290 g/mol. The molecule has 0 bridgehead atoms. The molecule has 0 heterocycles. The second-order valence-electron chi connectivity index (χ2n) is 4.22. The molecular weight excluding hydrogens is 276 g/mol. The highest BCUT2D eigenvalue weighted by Crippen LogP contribution is 2.30. The Morgan fingerprint density at radius 1 is 1.12 bits per heavy atom. The minimum absolute atomic E-state index is 0.310. The second kappa shape index (κ2) is 5.13. The Balaban J connectivity index is 2.14. The first-order chi connectivity index (χ1) is 7.66. The average Bonchev–Trinajstić information content (AvgIpc) is 2.25. The Bertz CT molecular complexity index is 352. The van der Waals surface area contributed by atoms with Crippen molar-refractivity contribution in [2.24, 2.45) is 0 Å². The zero-order chi connectivity index (χ0) is 11.5. The van der Waals surface area contributed by atoms with E-state index in [1.807, 2.05) is 0 Å². The summed E-state index contributed by atoms with van der Waals surface area (Å²) in [6, 6.07) is 2.51. The minimum atomic E-state index is -0.557. The smallest absolute Gasteiger partial charge is 0.150 e. The van der Waals surface area contributed by atoms with Crippen LogP contribution in [0.4, 0.5) is 14.5 Å². The van der Waals surface area contributed by atoms with E-state index < -0.39 is 11.6 Å². The van der Waals surface area contributed by atoms with Crippen molar-refractivity contribution in [3.63, 3.8) is 0 Å². The summed E-state index contributed by atoms with van der Waals surface area (Å²) in [5.74, 6) is -1.09. The third kappa shape index (κ3) is 2.73. The highest BCUT2D eigenvalue weighted by molar-refractivity contribution is 9.10. The molecule has 1 aromatic rings. The fraction of sp³-hybridized carbons (Fsp3) is 0.500. The Hall–Kier alpha value is -0.640. The number of halogens is 3. The highest BCUT2D eigenvalue weighted by Gasteiger charge is 2.17. The number of nitrogens with one attached hydrogen (secondary N) is 1. The maximum Gasteiger partial charge on any atom is 0.150 e. The van der Waals surface area contributed by atoms with Gasteiger partial charge >= 0.3 is 0 Å². The van der Waals surface area contributed by atoms with Gasteiger partial charge in [0.15, 0.2) is 0 Å². The van der Waals surface area contributed by atoms with E-state index in [2.05, 4.69) is 21.2 Å². The molecule has 16 heavy (non-hydrogen) atoms. The molecule has 1 saturated carbocycles. The molecule has 1 aromatic carbocycles. The fourth-order valence-electron chi connectivity index (χ4n) is 2.13. The molecule has 0 aromatic heterocycles. The van der Waals surface area contributed by atoms with E-state index in [0.717, 1.165) is 18.9 Å². The van der Waals surface area contributed by atoms with E-state index >= 15 is 0 Å². The molecular formula is C12H14BrF2N. The molecule has 1 aliphatic rings. The molecule has 0 unspecified atom stereocenters. The molecule has 0 aliphatic heterocycles. The van der Waals surface area contributed by atoms with Crippen LogP contribution in [0, 0.1) is 11.6 Å². The van der Waals surface area contributed by atoms with E-state index in [4.69, 9.17) is 0 Å². The lowest BCUT2D eigenvalue weighted by Crippen LogP contribution is -2.23. The third-order valence-corrected chi connectivity index (χ3v) is 3.59. The molecule has 1 nitrogen and oxygen atoms in total. The molecule has 0 saturated heterocycles. The summed E-state index contributed by atoms with van der Waals surface area (Å²) in [5, 5.41) is 3.16. The molecule has 1 aliphatic carbocycles. The second-order valence-corrected chi connectivity index (χ2v) is 5.08. The molecule has 1 fully saturated rings. The number of rotatable bonds is 2. The third-order valence-electron chi connectivity index (χ3n) is 2.96. The minimum Gasteiger partial charge on any atom is -0.379 e. The van der Waals surface area contributed by atoms with Crippen LogP contribution in [0.25, 0.3) is 0 Å². The monoisotopic (exact) mass is 289 g/mol. The van der Waals surface area contributed by atoms with Gasteiger partial charge in [-0.25, -0.2) is 8.78 Å². The van der Waals surface area contributed by atoms with Crippen molar-refractivity contribution in [3.05, 3.63) is 28.2 Å². The number of anilines is 1. The van der Waals surface area contributed by atoms with Crippen molar-refractivity contribution in [2.45, 2.75) is 38.1 Å². The van der Waals surface area contributed by atoms with E-state index in [9.17, 15) is 8.78 Å². The van der Waals surface area contributed by atoms with Crippen LogP contribution >= 0.6 is 15.9 Å². The number of hydrogen-bond donors (Lipinski definition) is 1. The SMILES string of the molecule is Fc1cc(F)c(NC2CCCCC2)c(Br)c1. The quantitative estimate of drug-likeness (QED) is 0.847. The van der Waals surface area contributed by atoms with Crippen molar-refractivity contribution in [3.8, 4) is 0 Å². The first kappa shape index (κ1) is 11.8. The van der Waals surface area contributed by atoms with Crippen LogP contribution < -0.4 is 5.32 Å². The van der Waals surface area contributed by atoms with E-state index in [-0.39, 0.29) is 0 Å². The zero-order valence-electron chi connectivity index (χ0n) is 8.90. The fourth-order valence-corrected chi connectivity index (χ4v) is 2.65. The predicted molar refractivity (Wildman–Crippen MR) is 64.6 cm³/mol. The van der Waals surface area contributed by atoms with E-state index in [1.165, 1.54) is 25.3 Å². The molecule has 4 heteroatoms. The highest BCUT2D eigenvalue weighted by atomic mass is 79.9. The summed E-state index contributed by atoms with van der Waals surface area (Å²) in [4.78, 5) is 0. The van der Waals surface area contributed by atoms with E-state index in [1.54, 1.807) is 0 Å². The molecule has 0 radical (unpaired) electrons. The normalized spacial score (nSPS) is 17.4. The van der Waals surface area contributed by atoms with Crippen LogP contribution in [-0.2, 0) is 0 Å². The standard InChI is InChI=1S/C12H14BrF2N/c13-10-6-8(14)7-11(15)12(10)16-9-4-2-1-3-5-9/h6-7,9,16H,1-5H2. The maximum absolute atomic E-state index is 13.5. The van der Waals surface area contributed by atoms with Gasteiger partial charge in [-0.2, -0.15) is 0 Å². The number of hydrogen-bond acceptors (Lipinski definition) is 1. The van der Waals surface area contributed by atoms with Gasteiger partial charge in [-0.05, 0) is 34.8 Å². The van der Waals surface area contributed by atoms with Crippen molar-refractivity contribution in [2.75, 3.05) is 5.32 Å². The van der Waals surface area contributed by atoms with Gasteiger partial charge in [0, 0.05) is 16.6 Å². The van der Waals surface area contributed by atoms with Gasteiger partial charge in [-0.1, -0.05) is 19.3 Å². The van der Waals surface area contributed by atoms with Gasteiger partial charge in [0.05, 0.1) is 5.69 Å². The zero-order valence-corrected chi connectivity index (χ0v) is 10.5. The van der Waals surface area contributed by atoms with Gasteiger partial charge < -0.3 is 5.32 Å². The van der Waals surface area contributed by atoms with Gasteiger partial charge in [0.1, 0.15) is 11.6 Å². The van der Waals surface area contributed by atoms with Crippen LogP contribution in [0.2, 0.25) is 0 Å². The van der Waals surface area contributed by atoms with Crippen molar-refractivity contribution in [1.82, 2.24) is 0 Å². The number of benzene rings is 1. The van der Waals surface area contributed by atoms with Crippen LogP contribution in [-0.4, -0.2) is 6.04 Å². The summed E-state index contributed by atoms with van der Waals surface area (Å²) in [5.41, 5.74) is 0.383. The topological polar surface area (TPSA) is 12.0 Å². The molecule has 2 rings (SSSR count). The Kier molecular flexibility index (Phi) is 3.79. The van der Waals surface area contributed by atoms with E-state index in [0.29, 0.717) is 16.2 Å². The van der Waals surface area contributed by atoms with Crippen molar-refractivity contribution < 1.29 is 8.78 Å². The van der Waals surface area contributed by atoms with Gasteiger partial charge in [0.2, 0.25) is 0 Å². The first-order valence-electron chi connectivity index (χ1n) is 5.58. The lowest BCUT2D eigenvalue weighted by Gasteiger charge is -2.24. The van der Waals surface area contributed by atoms with Crippen LogP contribution in [0.3, 0.4) is 0 Å². The molecule has 88 valence electrons. The molecule has 1 N–H and O–H groups in total. The lowest BCUT2D eigenvalue weighted by molar-refractivity contribution is 0.460. The Labute approximate surface area is 102 Å². The molecule has 0 amide bonds. The summed E-state index contributed by atoms with van der Waals surface area (Å²) in [6.45, 7) is 0. The van der Waals surface area contributed by atoms with Crippen LogP contribution in [0.5, 0.6) is 0 Å². The summed E-state index contributed by atoms with van der Waals surface area (Å²) >= 11 is 3.18. The van der Waals surface area contributed by atoms with Gasteiger partial charge in [-0.3, -0.25) is 0 Å². The lowest BCUT2D eigenvalue weighted by atomic mass is 9.95. The summed E-state index contributed by atoms with van der Waals surface area (Å²) in [6.07, 6.45) is 5.73.